The van der Waals surface area contributed by atoms with Gasteiger partial charge in [0.2, 0.25) is 0 Å². The Bertz CT molecular complexity index is 828. The fourth-order valence-electron chi connectivity index (χ4n) is 6.01. The molecule has 2 aromatic heterocycles. The summed E-state index contributed by atoms with van der Waals surface area (Å²) in [6.45, 7) is 5.83. The van der Waals surface area contributed by atoms with Gasteiger partial charge in [-0.15, -0.1) is 0 Å². The second-order valence-corrected chi connectivity index (χ2v) is 9.21. The van der Waals surface area contributed by atoms with E-state index in [1.54, 1.807) is 12.5 Å². The van der Waals surface area contributed by atoms with Crippen LogP contribution in [-0.4, -0.2) is 57.0 Å². The third kappa shape index (κ3) is 3.75. The number of furan rings is 1. The predicted molar refractivity (Wildman–Crippen MR) is 111 cm³/mol. The molecule has 0 aromatic carbocycles. The lowest BCUT2D eigenvalue weighted by molar-refractivity contribution is -0.0523. The molecule has 1 amide bonds. The highest BCUT2D eigenvalue weighted by molar-refractivity contribution is 5.91. The number of carbonyl (C=O) groups is 1. The number of piperidine rings is 3. The number of amides is 1. The van der Waals surface area contributed by atoms with Crippen molar-refractivity contribution in [1.29, 1.82) is 0 Å². The molecule has 6 nitrogen and oxygen atoms in total. The first kappa shape index (κ1) is 18.9. The number of aromatic nitrogens is 2. The molecule has 0 saturated carbocycles. The van der Waals surface area contributed by atoms with E-state index in [1.807, 2.05) is 22.9 Å². The van der Waals surface area contributed by atoms with Gasteiger partial charge in [0.1, 0.15) is 5.76 Å². The van der Waals surface area contributed by atoms with Gasteiger partial charge in [-0.3, -0.25) is 9.69 Å². The molecule has 2 bridgehead atoms. The summed E-state index contributed by atoms with van der Waals surface area (Å²) in [5.41, 5.74) is 0. The van der Waals surface area contributed by atoms with Crippen LogP contribution >= 0.6 is 0 Å². The molecular formula is C23H32N4O2. The Morgan fingerprint density at radius 2 is 2.17 bits per heavy atom. The van der Waals surface area contributed by atoms with Crippen LogP contribution in [-0.2, 0) is 6.54 Å². The number of rotatable bonds is 5. The zero-order valence-electron chi connectivity index (χ0n) is 17.4. The average Bonchev–Trinajstić information content (AvgIpc) is 3.41. The van der Waals surface area contributed by atoms with Crippen molar-refractivity contribution in [2.24, 2.45) is 11.8 Å². The van der Waals surface area contributed by atoms with E-state index >= 15 is 0 Å². The fourth-order valence-corrected chi connectivity index (χ4v) is 6.01. The van der Waals surface area contributed by atoms with Gasteiger partial charge in [-0.2, -0.15) is 0 Å². The van der Waals surface area contributed by atoms with E-state index in [2.05, 4.69) is 21.7 Å². The van der Waals surface area contributed by atoms with Crippen LogP contribution in [0.25, 0.3) is 0 Å². The van der Waals surface area contributed by atoms with E-state index < -0.39 is 0 Å². The lowest BCUT2D eigenvalue weighted by Gasteiger charge is -2.55. The zero-order chi connectivity index (χ0) is 19.8. The molecule has 3 fully saturated rings. The number of likely N-dealkylation sites (tertiary alicyclic amines) is 1. The minimum atomic E-state index is 0.0611. The molecule has 0 radical (unpaired) electrons. The Hall–Kier alpha value is -2.08. The normalized spacial score (nSPS) is 29.6. The standard InChI is InChI=1S/C23H32N4O2/c1-2-4-19-5-3-6-21-18-11-17(13-27(19)21)12-26(14-18)23(28)22-8-7-20(29-22)15-25-10-9-24-16-25/h7-10,16-19,21H,2-6,11-15H2,1H3/t17-,18+,19-,21-/m0/s1. The van der Waals surface area contributed by atoms with Gasteiger partial charge in [0.15, 0.2) is 5.76 Å². The van der Waals surface area contributed by atoms with Crippen molar-refractivity contribution in [3.63, 3.8) is 0 Å². The summed E-state index contributed by atoms with van der Waals surface area (Å²) >= 11 is 0. The number of imidazole rings is 1. The van der Waals surface area contributed by atoms with Crippen LogP contribution in [0.1, 0.15) is 61.8 Å². The highest BCUT2D eigenvalue weighted by Crippen LogP contribution is 2.40. The van der Waals surface area contributed by atoms with E-state index in [-0.39, 0.29) is 5.91 Å². The molecule has 3 aliphatic heterocycles. The summed E-state index contributed by atoms with van der Waals surface area (Å²) in [6, 6.07) is 5.18. The smallest absolute Gasteiger partial charge is 0.289 e. The van der Waals surface area contributed by atoms with Gasteiger partial charge in [0.25, 0.3) is 5.91 Å². The molecule has 5 rings (SSSR count). The minimum Gasteiger partial charge on any atom is -0.454 e. The Kier molecular flexibility index (Phi) is 5.20. The topological polar surface area (TPSA) is 54.5 Å². The van der Waals surface area contributed by atoms with Gasteiger partial charge in [-0.05, 0) is 49.7 Å². The number of hydrogen-bond donors (Lipinski definition) is 0. The second-order valence-electron chi connectivity index (χ2n) is 9.21. The largest absolute Gasteiger partial charge is 0.454 e. The van der Waals surface area contributed by atoms with Crippen LogP contribution in [0, 0.1) is 11.8 Å². The zero-order valence-corrected chi connectivity index (χ0v) is 17.4. The maximum atomic E-state index is 13.2. The van der Waals surface area contributed by atoms with Crippen LogP contribution in [0.5, 0.6) is 0 Å². The Labute approximate surface area is 172 Å². The first-order valence-electron chi connectivity index (χ1n) is 11.3. The van der Waals surface area contributed by atoms with E-state index in [0.29, 0.717) is 30.2 Å². The molecule has 4 atom stereocenters. The van der Waals surface area contributed by atoms with Gasteiger partial charge >= 0.3 is 0 Å². The summed E-state index contributed by atoms with van der Waals surface area (Å²) < 4.78 is 7.85. The maximum Gasteiger partial charge on any atom is 0.289 e. The maximum absolute atomic E-state index is 13.2. The first-order valence-corrected chi connectivity index (χ1v) is 11.3. The van der Waals surface area contributed by atoms with Crippen LogP contribution in [0.4, 0.5) is 0 Å². The first-order chi connectivity index (χ1) is 14.2. The lowest BCUT2D eigenvalue weighted by Crippen LogP contribution is -2.62. The Balaban J connectivity index is 1.27. The second kappa shape index (κ2) is 7.98. The van der Waals surface area contributed by atoms with Crippen molar-refractivity contribution in [2.75, 3.05) is 19.6 Å². The van der Waals surface area contributed by atoms with E-state index in [9.17, 15) is 4.79 Å². The quantitative estimate of drug-likeness (QED) is 0.774. The van der Waals surface area contributed by atoms with Gasteiger partial charge in [0.05, 0.1) is 12.9 Å². The predicted octanol–water partition coefficient (Wildman–Crippen LogP) is 3.64. The third-order valence-corrected chi connectivity index (χ3v) is 7.19. The van der Waals surface area contributed by atoms with Crippen LogP contribution in [0.2, 0.25) is 0 Å². The average molecular weight is 397 g/mol. The number of hydrogen-bond acceptors (Lipinski definition) is 4. The summed E-state index contributed by atoms with van der Waals surface area (Å²) in [6.07, 6.45) is 13.3. The van der Waals surface area contributed by atoms with Crippen molar-refractivity contribution >= 4 is 5.91 Å². The molecule has 156 valence electrons. The summed E-state index contributed by atoms with van der Waals surface area (Å²) in [5, 5.41) is 0. The van der Waals surface area contributed by atoms with Gasteiger partial charge in [-0.25, -0.2) is 4.98 Å². The highest BCUT2D eigenvalue weighted by atomic mass is 16.4. The molecule has 2 aromatic rings. The van der Waals surface area contributed by atoms with E-state index in [1.165, 1.54) is 45.1 Å². The van der Waals surface area contributed by atoms with Crippen molar-refractivity contribution in [1.82, 2.24) is 19.4 Å². The summed E-state index contributed by atoms with van der Waals surface area (Å²) in [4.78, 5) is 22.1. The molecule has 5 heterocycles. The van der Waals surface area contributed by atoms with Gasteiger partial charge < -0.3 is 13.9 Å². The van der Waals surface area contributed by atoms with Crippen LogP contribution in [0.3, 0.4) is 0 Å². The summed E-state index contributed by atoms with van der Waals surface area (Å²) in [5.74, 6) is 2.55. The lowest BCUT2D eigenvalue weighted by atomic mass is 9.74. The Morgan fingerprint density at radius 1 is 1.24 bits per heavy atom. The summed E-state index contributed by atoms with van der Waals surface area (Å²) in [7, 11) is 0. The van der Waals surface area contributed by atoms with Crippen molar-refractivity contribution in [3.05, 3.63) is 42.4 Å². The van der Waals surface area contributed by atoms with E-state index in [4.69, 9.17) is 4.42 Å². The van der Waals surface area contributed by atoms with Gasteiger partial charge in [-0.1, -0.05) is 19.8 Å². The third-order valence-electron chi connectivity index (χ3n) is 7.19. The molecule has 6 heteroatoms. The molecule has 0 spiro atoms. The molecule has 0 N–H and O–H groups in total. The van der Waals surface area contributed by atoms with Crippen LogP contribution in [0.15, 0.2) is 35.3 Å². The van der Waals surface area contributed by atoms with Crippen molar-refractivity contribution < 1.29 is 9.21 Å². The number of fused-ring (bicyclic) bond motifs is 4. The van der Waals surface area contributed by atoms with Crippen LogP contribution < -0.4 is 0 Å². The molecular weight excluding hydrogens is 364 g/mol. The molecule has 3 saturated heterocycles. The highest BCUT2D eigenvalue weighted by Gasteiger charge is 2.45. The minimum absolute atomic E-state index is 0.0611. The molecule has 3 aliphatic rings. The SMILES string of the molecule is CCC[C@H]1CCC[C@H]2[C@@H]3C[C@@H](CN(C(=O)c4ccc(Cn5ccnc5)o4)C3)CN12. The number of carbonyl (C=O) groups excluding carboxylic acids is 1. The monoisotopic (exact) mass is 396 g/mol. The van der Waals surface area contributed by atoms with Crippen molar-refractivity contribution in [2.45, 2.75) is 64.1 Å². The molecule has 29 heavy (non-hydrogen) atoms. The van der Waals surface area contributed by atoms with Crippen molar-refractivity contribution in [3.8, 4) is 0 Å². The molecule has 0 aliphatic carbocycles. The fraction of sp³-hybridized carbons (Fsp3) is 0.652. The van der Waals surface area contributed by atoms with E-state index in [0.717, 1.165) is 24.9 Å². The number of nitrogens with zero attached hydrogens (tertiary/aromatic N) is 4. The molecule has 0 unspecified atom stereocenters. The van der Waals surface area contributed by atoms with Gasteiger partial charge in [0, 0.05) is 44.1 Å². The Morgan fingerprint density at radius 3 is 3.00 bits per heavy atom.